The maximum Gasteiger partial charge on any atom is 0.392 e. The Kier molecular flexibility index (Phi) is 9.60. The predicted molar refractivity (Wildman–Crippen MR) is 108 cm³/mol. The second kappa shape index (κ2) is 11.4. The van der Waals surface area contributed by atoms with Crippen LogP contribution in [0.5, 0.6) is 0 Å². The van der Waals surface area contributed by atoms with E-state index in [0.717, 1.165) is 38.5 Å². The highest BCUT2D eigenvalue weighted by molar-refractivity contribution is 5.87. The molecule has 0 spiro atoms. The molecule has 2 N–H and O–H groups in total. The van der Waals surface area contributed by atoms with Crippen LogP contribution in [0.3, 0.4) is 0 Å². The molecule has 198 valence electrons. The van der Waals surface area contributed by atoms with E-state index in [4.69, 9.17) is 0 Å². The molecule has 2 saturated carbocycles. The van der Waals surface area contributed by atoms with Gasteiger partial charge in [0.1, 0.15) is 0 Å². The monoisotopic (exact) mass is 508 g/mol. The third-order valence-electron chi connectivity index (χ3n) is 6.63. The summed E-state index contributed by atoms with van der Waals surface area (Å²) in [5.41, 5.74) is 0. The summed E-state index contributed by atoms with van der Waals surface area (Å²) in [6.07, 6.45) is 7.33. The first-order valence-electron chi connectivity index (χ1n) is 11.9. The summed E-state index contributed by atoms with van der Waals surface area (Å²) in [7, 11) is 0. The SMILES string of the molecule is O=C(NC1CCCCCCC1)C(F)(F)C(F)(F)C(F)(F)C(F)(F)C(=O)NC1CCCCCCC1. The molecule has 0 aliphatic heterocycles. The summed E-state index contributed by atoms with van der Waals surface area (Å²) in [4.78, 5) is 23.8. The van der Waals surface area contributed by atoms with Crippen LogP contribution in [-0.4, -0.2) is 47.6 Å². The zero-order valence-electron chi connectivity index (χ0n) is 18.9. The van der Waals surface area contributed by atoms with E-state index in [1.165, 1.54) is 0 Å². The number of hydrogen-bond donors (Lipinski definition) is 2. The molecule has 2 amide bonds. The second-order valence-corrected chi connectivity index (χ2v) is 9.33. The van der Waals surface area contributed by atoms with E-state index in [2.05, 4.69) is 0 Å². The van der Waals surface area contributed by atoms with E-state index in [1.807, 2.05) is 0 Å². The minimum absolute atomic E-state index is 0.170. The molecule has 0 saturated heterocycles. The lowest BCUT2D eigenvalue weighted by Gasteiger charge is -2.36. The van der Waals surface area contributed by atoms with Gasteiger partial charge in [-0.2, -0.15) is 35.1 Å². The first-order valence-corrected chi connectivity index (χ1v) is 11.9. The molecule has 2 rings (SSSR count). The number of halogens is 8. The third-order valence-corrected chi connectivity index (χ3v) is 6.63. The van der Waals surface area contributed by atoms with Crippen molar-refractivity contribution in [1.82, 2.24) is 10.6 Å². The lowest BCUT2D eigenvalue weighted by atomic mass is 9.94. The molecular weight excluding hydrogens is 476 g/mol. The molecule has 0 aromatic rings. The topological polar surface area (TPSA) is 58.2 Å². The number of amides is 2. The van der Waals surface area contributed by atoms with Gasteiger partial charge in [-0.05, 0) is 25.7 Å². The number of carbonyl (C=O) groups excluding carboxylic acids is 2. The van der Waals surface area contributed by atoms with E-state index >= 15 is 0 Å². The van der Waals surface area contributed by atoms with Crippen LogP contribution in [-0.2, 0) is 9.59 Å². The van der Waals surface area contributed by atoms with Crippen molar-refractivity contribution >= 4 is 11.8 Å². The summed E-state index contributed by atoms with van der Waals surface area (Å²) in [5, 5.41) is 3.23. The fourth-order valence-electron chi connectivity index (χ4n) is 4.43. The molecule has 2 fully saturated rings. The van der Waals surface area contributed by atoms with Gasteiger partial charge in [0, 0.05) is 12.1 Å². The highest BCUT2D eigenvalue weighted by Gasteiger charge is 2.84. The van der Waals surface area contributed by atoms with Crippen LogP contribution < -0.4 is 10.6 Å². The Bertz CT molecular complexity index is 628. The molecule has 0 atom stereocenters. The van der Waals surface area contributed by atoms with Crippen molar-refractivity contribution in [3.8, 4) is 0 Å². The second-order valence-electron chi connectivity index (χ2n) is 9.33. The number of hydrogen-bond acceptors (Lipinski definition) is 2. The average molecular weight is 508 g/mol. The van der Waals surface area contributed by atoms with E-state index < -0.39 is 47.6 Å². The Morgan fingerprint density at radius 2 is 0.706 bits per heavy atom. The van der Waals surface area contributed by atoms with Gasteiger partial charge in [0.05, 0.1) is 0 Å². The van der Waals surface area contributed by atoms with Crippen molar-refractivity contribution in [3.63, 3.8) is 0 Å². The number of rotatable bonds is 7. The van der Waals surface area contributed by atoms with Gasteiger partial charge in [-0.25, -0.2) is 0 Å². The molecule has 2 aliphatic rings. The van der Waals surface area contributed by atoms with Crippen molar-refractivity contribution in [3.05, 3.63) is 0 Å². The quantitative estimate of drug-likeness (QED) is 0.416. The van der Waals surface area contributed by atoms with Gasteiger partial charge < -0.3 is 10.6 Å². The Hall–Kier alpha value is -1.62. The van der Waals surface area contributed by atoms with Gasteiger partial charge in [0.25, 0.3) is 11.8 Å². The van der Waals surface area contributed by atoms with Gasteiger partial charge in [-0.1, -0.05) is 64.2 Å². The van der Waals surface area contributed by atoms with E-state index in [-0.39, 0.29) is 25.7 Å². The number of nitrogens with one attached hydrogen (secondary N) is 2. The van der Waals surface area contributed by atoms with Crippen LogP contribution in [0.25, 0.3) is 0 Å². The van der Waals surface area contributed by atoms with Crippen LogP contribution in [0, 0.1) is 0 Å². The molecule has 0 aromatic heterocycles. The molecule has 0 aromatic carbocycles. The summed E-state index contributed by atoms with van der Waals surface area (Å²) in [5.74, 6) is -31.5. The first-order chi connectivity index (χ1) is 15.7. The Balaban J connectivity index is 2.15. The van der Waals surface area contributed by atoms with Crippen molar-refractivity contribution in [2.24, 2.45) is 0 Å². The highest BCUT2D eigenvalue weighted by atomic mass is 19.4. The summed E-state index contributed by atoms with van der Waals surface area (Å²) >= 11 is 0. The molecule has 12 heteroatoms. The van der Waals surface area contributed by atoms with E-state index in [9.17, 15) is 44.7 Å². The maximum atomic E-state index is 14.3. The van der Waals surface area contributed by atoms with Crippen molar-refractivity contribution in [1.29, 1.82) is 0 Å². The lowest BCUT2D eigenvalue weighted by molar-refractivity contribution is -0.347. The zero-order chi connectivity index (χ0) is 25.6. The first kappa shape index (κ1) is 28.6. The summed E-state index contributed by atoms with van der Waals surface area (Å²) in [6.45, 7) is 0. The molecule has 0 bridgehead atoms. The summed E-state index contributed by atoms with van der Waals surface area (Å²) < 4.78 is 114. The fraction of sp³-hybridized carbons (Fsp3) is 0.909. The minimum atomic E-state index is -6.83. The maximum absolute atomic E-state index is 14.3. The largest absolute Gasteiger partial charge is 0.392 e. The lowest BCUT2D eigenvalue weighted by Crippen LogP contribution is -2.69. The molecule has 0 heterocycles. The van der Waals surface area contributed by atoms with Gasteiger partial charge in [0.15, 0.2) is 0 Å². The third kappa shape index (κ3) is 6.13. The van der Waals surface area contributed by atoms with Crippen LogP contribution in [0.2, 0.25) is 0 Å². The normalized spacial score (nSPS) is 21.1. The smallest absolute Gasteiger partial charge is 0.348 e. The Morgan fingerprint density at radius 3 is 0.971 bits per heavy atom. The van der Waals surface area contributed by atoms with Gasteiger partial charge >= 0.3 is 23.7 Å². The molecule has 34 heavy (non-hydrogen) atoms. The highest BCUT2D eigenvalue weighted by Crippen LogP contribution is 2.53. The summed E-state index contributed by atoms with van der Waals surface area (Å²) in [6, 6.07) is -1.93. The fourth-order valence-corrected chi connectivity index (χ4v) is 4.43. The van der Waals surface area contributed by atoms with Crippen molar-refractivity contribution in [2.45, 2.75) is 126 Å². The van der Waals surface area contributed by atoms with Gasteiger partial charge in [-0.15, -0.1) is 0 Å². The van der Waals surface area contributed by atoms with Crippen LogP contribution in [0.15, 0.2) is 0 Å². The van der Waals surface area contributed by atoms with Crippen molar-refractivity contribution in [2.75, 3.05) is 0 Å². The molecule has 0 radical (unpaired) electrons. The average Bonchev–Trinajstić information content (AvgIpc) is 2.71. The standard InChI is InChI=1S/C22H32F8N2O2/c23-19(24,17(33)31-15-11-7-3-1-4-8-12-15)21(27,28)22(29,30)20(25,26)18(34)32-16-13-9-5-2-6-10-14-16/h15-16H,1-14H2,(H,31,33)(H,32,34). The minimum Gasteiger partial charge on any atom is -0.348 e. The molecule has 0 unspecified atom stereocenters. The Morgan fingerprint density at radius 1 is 0.471 bits per heavy atom. The van der Waals surface area contributed by atoms with Crippen LogP contribution in [0.1, 0.15) is 89.9 Å². The van der Waals surface area contributed by atoms with Crippen LogP contribution in [0.4, 0.5) is 35.1 Å². The van der Waals surface area contributed by atoms with Crippen molar-refractivity contribution < 1.29 is 44.7 Å². The zero-order valence-corrected chi connectivity index (χ0v) is 18.9. The molecule has 2 aliphatic carbocycles. The molecule has 4 nitrogen and oxygen atoms in total. The molecular formula is C22H32F8N2O2. The van der Waals surface area contributed by atoms with Gasteiger partial charge in [-0.3, -0.25) is 9.59 Å². The number of carbonyl (C=O) groups is 2. The predicted octanol–water partition coefficient (Wildman–Crippen LogP) is 5.99. The van der Waals surface area contributed by atoms with Crippen LogP contribution >= 0.6 is 0 Å². The Labute approximate surface area is 193 Å². The van der Waals surface area contributed by atoms with E-state index in [1.54, 1.807) is 10.6 Å². The van der Waals surface area contributed by atoms with E-state index in [0.29, 0.717) is 25.7 Å². The van der Waals surface area contributed by atoms with Gasteiger partial charge in [0.2, 0.25) is 0 Å². The number of alkyl halides is 8.